The Bertz CT molecular complexity index is 1910. The van der Waals surface area contributed by atoms with E-state index in [9.17, 15) is 24.5 Å². The maximum Gasteiger partial charge on any atom is 0.273 e. The highest BCUT2D eigenvalue weighted by molar-refractivity contribution is 6.25. The predicted octanol–water partition coefficient (Wildman–Crippen LogP) is 4.58. The summed E-state index contributed by atoms with van der Waals surface area (Å²) in [6.07, 6.45) is 1.57. The minimum absolute atomic E-state index is 0.0280. The number of carbonyl (C=O) groups excluding carboxylic acids is 3. The third kappa shape index (κ3) is 3.97. The maximum atomic E-state index is 14.6. The van der Waals surface area contributed by atoms with Gasteiger partial charge in [0.15, 0.2) is 0 Å². The van der Waals surface area contributed by atoms with Crippen molar-refractivity contribution in [3.63, 3.8) is 0 Å². The Morgan fingerprint density at radius 3 is 2.24 bits per heavy atom. The number of methoxy groups -OCH3 is 2. The summed E-state index contributed by atoms with van der Waals surface area (Å²) in [5.41, 5.74) is 5.01. The summed E-state index contributed by atoms with van der Waals surface area (Å²) >= 11 is 0. The van der Waals surface area contributed by atoms with Crippen molar-refractivity contribution in [1.29, 1.82) is 0 Å². The zero-order valence-corrected chi connectivity index (χ0v) is 24.2. The number of nitrogens with zero attached hydrogens (tertiary/aromatic N) is 3. The highest BCUT2D eigenvalue weighted by Crippen LogP contribution is 2.64. The number of benzene rings is 4. The van der Waals surface area contributed by atoms with E-state index in [0.29, 0.717) is 11.3 Å². The molecule has 3 amide bonds. The van der Waals surface area contributed by atoms with E-state index >= 15 is 0 Å². The van der Waals surface area contributed by atoms with Crippen molar-refractivity contribution >= 4 is 35.3 Å². The maximum absolute atomic E-state index is 14.6. The number of nitro benzene ring substituents is 1. The Balaban J connectivity index is 1.38. The Morgan fingerprint density at radius 2 is 1.60 bits per heavy atom. The van der Waals surface area contributed by atoms with Crippen LogP contribution in [0.15, 0.2) is 96.1 Å². The zero-order valence-electron chi connectivity index (χ0n) is 24.2. The lowest BCUT2D eigenvalue weighted by Gasteiger charge is -2.52. The second-order valence-electron chi connectivity index (χ2n) is 11.1. The van der Waals surface area contributed by atoms with Gasteiger partial charge in [-0.1, -0.05) is 54.6 Å². The average molecular weight is 603 g/mol. The Morgan fingerprint density at radius 1 is 0.911 bits per heavy atom. The molecule has 0 saturated carbocycles. The molecule has 1 saturated heterocycles. The predicted molar refractivity (Wildman–Crippen MR) is 164 cm³/mol. The molecule has 3 aliphatic carbocycles. The third-order valence-corrected chi connectivity index (χ3v) is 9.07. The van der Waals surface area contributed by atoms with E-state index < -0.39 is 45.8 Å². The van der Waals surface area contributed by atoms with Gasteiger partial charge in [-0.25, -0.2) is 10.3 Å². The molecule has 2 bridgehead atoms. The van der Waals surface area contributed by atoms with Crippen LogP contribution in [0.2, 0.25) is 0 Å². The van der Waals surface area contributed by atoms with Gasteiger partial charge in [-0.3, -0.25) is 24.5 Å². The number of non-ortho nitro benzene ring substituents is 1. The lowest BCUT2D eigenvalue weighted by Crippen LogP contribution is -2.54. The summed E-state index contributed by atoms with van der Waals surface area (Å²) in [6, 6.07) is 25.7. The summed E-state index contributed by atoms with van der Waals surface area (Å²) in [4.78, 5) is 54.1. The van der Waals surface area contributed by atoms with Crippen molar-refractivity contribution in [3.05, 3.63) is 129 Å². The Kier molecular flexibility index (Phi) is 6.47. The van der Waals surface area contributed by atoms with Crippen LogP contribution in [0.4, 0.5) is 11.4 Å². The van der Waals surface area contributed by atoms with Crippen LogP contribution in [0.5, 0.6) is 11.5 Å². The molecule has 2 atom stereocenters. The number of hydrazone groups is 1. The topological polar surface area (TPSA) is 140 Å². The van der Waals surface area contributed by atoms with Crippen LogP contribution in [0.1, 0.15) is 38.5 Å². The molecule has 8 rings (SSSR count). The number of hydrogen-bond donors (Lipinski definition) is 1. The molecular weight excluding hydrogens is 576 g/mol. The second-order valence-corrected chi connectivity index (χ2v) is 11.1. The average Bonchev–Trinajstić information content (AvgIpc) is 3.34. The quantitative estimate of drug-likeness (QED) is 0.141. The Labute approximate surface area is 257 Å². The molecule has 1 aliphatic heterocycles. The summed E-state index contributed by atoms with van der Waals surface area (Å²) in [5, 5.41) is 15.9. The van der Waals surface area contributed by atoms with Crippen LogP contribution >= 0.6 is 0 Å². The molecule has 11 nitrogen and oxygen atoms in total. The fourth-order valence-electron chi connectivity index (χ4n) is 7.27. The smallest absolute Gasteiger partial charge is 0.273 e. The van der Waals surface area contributed by atoms with E-state index in [2.05, 4.69) is 10.5 Å². The van der Waals surface area contributed by atoms with Gasteiger partial charge in [0.25, 0.3) is 11.6 Å². The fourth-order valence-corrected chi connectivity index (χ4v) is 7.27. The van der Waals surface area contributed by atoms with E-state index in [0.717, 1.165) is 27.2 Å². The minimum Gasteiger partial charge on any atom is -0.497 e. The van der Waals surface area contributed by atoms with Gasteiger partial charge in [-0.05, 0) is 46.5 Å². The van der Waals surface area contributed by atoms with E-state index in [1.165, 1.54) is 32.4 Å². The van der Waals surface area contributed by atoms with Crippen LogP contribution in [-0.4, -0.2) is 43.1 Å². The van der Waals surface area contributed by atoms with Crippen LogP contribution in [0.3, 0.4) is 0 Å². The number of imide groups is 1. The summed E-state index contributed by atoms with van der Waals surface area (Å²) in [5.74, 6) is -3.01. The molecule has 11 heteroatoms. The van der Waals surface area contributed by atoms with E-state index in [1.54, 1.807) is 30.5 Å². The number of ether oxygens (including phenoxy) is 2. The molecule has 1 fully saturated rings. The molecule has 0 spiro atoms. The van der Waals surface area contributed by atoms with Gasteiger partial charge in [0.2, 0.25) is 11.8 Å². The van der Waals surface area contributed by atoms with Crippen LogP contribution < -0.4 is 19.8 Å². The van der Waals surface area contributed by atoms with Gasteiger partial charge < -0.3 is 9.47 Å². The van der Waals surface area contributed by atoms with Gasteiger partial charge in [0.05, 0.1) is 48.1 Å². The lowest BCUT2D eigenvalue weighted by atomic mass is 9.47. The number of rotatable bonds is 7. The Hall–Kier alpha value is -5.84. The van der Waals surface area contributed by atoms with Crippen molar-refractivity contribution in [3.8, 4) is 11.5 Å². The molecule has 45 heavy (non-hydrogen) atoms. The molecule has 0 radical (unpaired) electrons. The van der Waals surface area contributed by atoms with Crippen LogP contribution in [0, 0.1) is 22.0 Å². The van der Waals surface area contributed by atoms with Crippen LogP contribution in [-0.2, 0) is 15.0 Å². The molecule has 1 heterocycles. The molecule has 4 aromatic carbocycles. The largest absolute Gasteiger partial charge is 0.497 e. The monoisotopic (exact) mass is 602 g/mol. The first-order chi connectivity index (χ1) is 21.8. The highest BCUT2D eigenvalue weighted by atomic mass is 16.6. The van der Waals surface area contributed by atoms with Gasteiger partial charge in [0, 0.05) is 23.8 Å². The molecule has 0 unspecified atom stereocenters. The van der Waals surface area contributed by atoms with Gasteiger partial charge >= 0.3 is 0 Å². The fraction of sp³-hybridized carbons (Fsp3) is 0.176. The van der Waals surface area contributed by atoms with Crippen molar-refractivity contribution < 1.29 is 28.8 Å². The first-order valence-electron chi connectivity index (χ1n) is 14.2. The molecule has 1 N–H and O–H groups in total. The molecule has 4 aliphatic rings. The van der Waals surface area contributed by atoms with E-state index in [-0.39, 0.29) is 17.1 Å². The number of carbonyl (C=O) groups is 3. The van der Waals surface area contributed by atoms with Gasteiger partial charge in [-0.2, -0.15) is 5.10 Å². The first kappa shape index (κ1) is 28.0. The first-order valence-corrected chi connectivity index (χ1v) is 14.2. The molecule has 224 valence electrons. The number of amides is 3. The SMILES string of the molecule is COc1cccc(C(=O)N/N=C\C23c4ccccc4C(c4ccccc42)[C@@H]2C(=O)N(c4ccc([N+](=O)[O-])cc4OC)C(=O)[C@@H]23)c1. The number of anilines is 1. The van der Waals surface area contributed by atoms with Crippen molar-refractivity contribution in [2.24, 2.45) is 16.9 Å². The normalized spacial score (nSPS) is 22.5. The summed E-state index contributed by atoms with van der Waals surface area (Å²) in [6.45, 7) is 0. The minimum atomic E-state index is -1.22. The number of hydrogen-bond acceptors (Lipinski definition) is 8. The molecule has 4 aromatic rings. The highest BCUT2D eigenvalue weighted by Gasteiger charge is 2.68. The molecule has 0 aromatic heterocycles. The van der Waals surface area contributed by atoms with Crippen molar-refractivity contribution in [1.82, 2.24) is 5.43 Å². The lowest BCUT2D eigenvalue weighted by molar-refractivity contribution is -0.384. The van der Waals surface area contributed by atoms with Gasteiger partial charge in [-0.15, -0.1) is 0 Å². The number of nitrogens with one attached hydrogen (secondary N) is 1. The van der Waals surface area contributed by atoms with E-state index in [4.69, 9.17) is 9.47 Å². The second kappa shape index (κ2) is 10.4. The van der Waals surface area contributed by atoms with E-state index in [1.807, 2.05) is 48.5 Å². The standard InChI is InChI=1S/C34H26N4O7/c1-44-21-9-7-8-19(16-21)31(39)36-35-18-34-24-12-5-3-10-22(24)28(23-11-4-6-13-25(23)34)29-30(34)33(41)37(32(29)40)26-15-14-20(38(42)43)17-27(26)45-2/h3-18,28-30H,1-2H3,(H,36,39)/b35-18-/t28?,29-,30+,34?/m0/s1. The number of nitro groups is 1. The van der Waals surface area contributed by atoms with Crippen molar-refractivity contribution in [2.45, 2.75) is 11.3 Å². The molecular formula is C34H26N4O7. The summed E-state index contributed by atoms with van der Waals surface area (Å²) in [7, 11) is 2.84. The zero-order chi connectivity index (χ0) is 31.5. The third-order valence-electron chi connectivity index (χ3n) is 9.07. The van der Waals surface area contributed by atoms with Crippen molar-refractivity contribution in [2.75, 3.05) is 19.1 Å². The van der Waals surface area contributed by atoms with Gasteiger partial charge in [0.1, 0.15) is 11.5 Å². The summed E-state index contributed by atoms with van der Waals surface area (Å²) < 4.78 is 10.7. The van der Waals surface area contributed by atoms with Crippen LogP contribution in [0.25, 0.3) is 0 Å².